The van der Waals surface area contributed by atoms with Crippen molar-refractivity contribution in [3.8, 4) is 0 Å². The van der Waals surface area contributed by atoms with Crippen LogP contribution in [0.2, 0.25) is 0 Å². The molecule has 6 heteroatoms. The third-order valence-electron chi connectivity index (χ3n) is 17.4. The summed E-state index contributed by atoms with van der Waals surface area (Å²) in [5.74, 6) is -0.814. The molecule has 1 unspecified atom stereocenters. The summed E-state index contributed by atoms with van der Waals surface area (Å²) < 4.78 is 17.1. The molecule has 0 aromatic heterocycles. The number of ether oxygens (including phenoxy) is 3. The Kier molecular flexibility index (Phi) is 68.5. The van der Waals surface area contributed by atoms with E-state index in [4.69, 9.17) is 14.2 Å². The van der Waals surface area contributed by atoms with Crippen molar-refractivity contribution in [3.63, 3.8) is 0 Å². The maximum Gasteiger partial charge on any atom is 0.306 e. The van der Waals surface area contributed by atoms with E-state index in [9.17, 15) is 14.4 Å². The van der Waals surface area contributed by atoms with E-state index in [-0.39, 0.29) is 31.1 Å². The highest BCUT2D eigenvalue weighted by atomic mass is 16.6. The summed E-state index contributed by atoms with van der Waals surface area (Å²) in [4.78, 5) is 38.5. The van der Waals surface area contributed by atoms with E-state index in [0.29, 0.717) is 19.3 Å². The minimum atomic E-state index is -0.764. The average molecular weight is 1130 g/mol. The monoisotopic (exact) mass is 1130 g/mol. The first-order valence-electron chi connectivity index (χ1n) is 37.0. The molecule has 0 aliphatic rings. The van der Waals surface area contributed by atoms with Crippen molar-refractivity contribution in [2.24, 2.45) is 0 Å². The Morgan fingerprint density at radius 1 is 0.200 bits per heavy atom. The SMILES string of the molecule is CCCCCCCCCCCCCCCCCCCCCCCCC(=O)OCC(COC(=O)CCCCCCCCCCCCCCCCCCCCCC)OC(=O)CCCCCCCCCCCCCCCCCCCCCC. The minimum Gasteiger partial charge on any atom is -0.462 e. The van der Waals surface area contributed by atoms with Gasteiger partial charge in [0.2, 0.25) is 0 Å². The van der Waals surface area contributed by atoms with Gasteiger partial charge in [0.05, 0.1) is 0 Å². The van der Waals surface area contributed by atoms with Crippen LogP contribution in [0.1, 0.15) is 438 Å². The molecule has 0 radical (unpaired) electrons. The van der Waals surface area contributed by atoms with E-state index >= 15 is 0 Å². The fraction of sp³-hybridized carbons (Fsp3) is 0.959. The molecule has 6 nitrogen and oxygen atoms in total. The van der Waals surface area contributed by atoms with Gasteiger partial charge in [0.15, 0.2) is 6.10 Å². The van der Waals surface area contributed by atoms with E-state index in [1.165, 1.54) is 340 Å². The van der Waals surface area contributed by atoms with Gasteiger partial charge < -0.3 is 14.2 Å². The molecule has 0 aromatic rings. The Balaban J connectivity index is 4.26. The lowest BCUT2D eigenvalue weighted by Crippen LogP contribution is -2.30. The van der Waals surface area contributed by atoms with E-state index in [2.05, 4.69) is 20.8 Å². The Bertz CT molecular complexity index is 1200. The fourth-order valence-electron chi connectivity index (χ4n) is 11.8. The van der Waals surface area contributed by atoms with Crippen LogP contribution in [0, 0.1) is 0 Å². The molecule has 0 N–H and O–H groups in total. The predicted molar refractivity (Wildman–Crippen MR) is 349 cm³/mol. The molecule has 0 rings (SSSR count). The summed E-state index contributed by atoms with van der Waals surface area (Å²) in [7, 11) is 0. The second-order valence-corrected chi connectivity index (χ2v) is 25.6. The van der Waals surface area contributed by atoms with Crippen molar-refractivity contribution in [3.05, 3.63) is 0 Å². The molecule has 0 saturated heterocycles. The van der Waals surface area contributed by atoms with Crippen LogP contribution in [-0.2, 0) is 28.6 Å². The summed E-state index contributed by atoms with van der Waals surface area (Å²) in [5.41, 5.74) is 0. The molecule has 476 valence electrons. The van der Waals surface area contributed by atoms with E-state index in [1.54, 1.807) is 0 Å². The molecule has 0 aromatic carbocycles. The van der Waals surface area contributed by atoms with Crippen LogP contribution in [0.25, 0.3) is 0 Å². The second-order valence-electron chi connectivity index (χ2n) is 25.6. The van der Waals surface area contributed by atoms with E-state index in [1.807, 2.05) is 0 Å². The van der Waals surface area contributed by atoms with Gasteiger partial charge in [-0.25, -0.2) is 0 Å². The summed E-state index contributed by atoms with van der Waals surface area (Å²) in [6, 6.07) is 0. The van der Waals surface area contributed by atoms with Crippen LogP contribution >= 0.6 is 0 Å². The maximum absolute atomic E-state index is 13.0. The van der Waals surface area contributed by atoms with Crippen LogP contribution in [0.15, 0.2) is 0 Å². The number of carbonyl (C=O) groups is 3. The van der Waals surface area contributed by atoms with Gasteiger partial charge in [-0.1, -0.05) is 400 Å². The normalized spacial score (nSPS) is 11.9. The molecular weight excluding hydrogens is 985 g/mol. The molecule has 0 fully saturated rings. The first kappa shape index (κ1) is 78.4. The van der Waals surface area contributed by atoms with E-state index < -0.39 is 6.10 Å². The second kappa shape index (κ2) is 69.9. The zero-order valence-corrected chi connectivity index (χ0v) is 54.9. The Labute approximate surface area is 501 Å². The zero-order valence-electron chi connectivity index (χ0n) is 54.9. The largest absolute Gasteiger partial charge is 0.462 e. The summed E-state index contributed by atoms with van der Waals surface area (Å²) in [6.45, 7) is 6.76. The number of carbonyl (C=O) groups excluding carboxylic acids is 3. The van der Waals surface area contributed by atoms with Crippen molar-refractivity contribution >= 4 is 17.9 Å². The molecule has 0 spiro atoms. The Morgan fingerprint density at radius 3 is 0.500 bits per heavy atom. The molecule has 80 heavy (non-hydrogen) atoms. The first-order valence-corrected chi connectivity index (χ1v) is 37.0. The molecular formula is C74H144O6. The van der Waals surface area contributed by atoms with Crippen LogP contribution in [0.5, 0.6) is 0 Å². The highest BCUT2D eigenvalue weighted by molar-refractivity contribution is 5.71. The van der Waals surface area contributed by atoms with Crippen molar-refractivity contribution in [2.45, 2.75) is 444 Å². The maximum atomic E-state index is 13.0. The summed E-state index contributed by atoms with van der Waals surface area (Å²) >= 11 is 0. The third-order valence-corrected chi connectivity index (χ3v) is 17.4. The van der Waals surface area contributed by atoms with Crippen molar-refractivity contribution in [2.75, 3.05) is 13.2 Å². The summed E-state index contributed by atoms with van der Waals surface area (Å²) in [5, 5.41) is 0. The molecule has 0 saturated carbocycles. The Hall–Kier alpha value is -1.59. The third kappa shape index (κ3) is 67.2. The topological polar surface area (TPSA) is 78.9 Å². The number of rotatable bonds is 70. The number of esters is 3. The quantitative estimate of drug-likeness (QED) is 0.0343. The molecule has 0 aliphatic heterocycles. The van der Waals surface area contributed by atoms with Gasteiger partial charge in [-0.3, -0.25) is 14.4 Å². The van der Waals surface area contributed by atoms with Gasteiger partial charge in [0.25, 0.3) is 0 Å². The van der Waals surface area contributed by atoms with Crippen LogP contribution in [-0.4, -0.2) is 37.2 Å². The van der Waals surface area contributed by atoms with Gasteiger partial charge in [0.1, 0.15) is 13.2 Å². The van der Waals surface area contributed by atoms with Crippen LogP contribution in [0.4, 0.5) is 0 Å². The van der Waals surface area contributed by atoms with Crippen molar-refractivity contribution in [1.29, 1.82) is 0 Å². The Morgan fingerprint density at radius 2 is 0.338 bits per heavy atom. The van der Waals surface area contributed by atoms with Crippen molar-refractivity contribution < 1.29 is 28.6 Å². The predicted octanol–water partition coefficient (Wildman–Crippen LogP) is 25.4. The summed E-state index contributed by atoms with van der Waals surface area (Å²) in [6.07, 6.45) is 82.8. The minimum absolute atomic E-state index is 0.0598. The lowest BCUT2D eigenvalue weighted by molar-refractivity contribution is -0.167. The molecule has 1 atom stereocenters. The average Bonchev–Trinajstić information content (AvgIpc) is 3.46. The molecule has 0 heterocycles. The number of hydrogen-bond acceptors (Lipinski definition) is 6. The van der Waals surface area contributed by atoms with Gasteiger partial charge in [-0.15, -0.1) is 0 Å². The number of unbranched alkanes of at least 4 members (excludes halogenated alkanes) is 59. The number of hydrogen-bond donors (Lipinski definition) is 0. The van der Waals surface area contributed by atoms with Crippen LogP contribution < -0.4 is 0 Å². The van der Waals surface area contributed by atoms with Gasteiger partial charge in [0, 0.05) is 19.3 Å². The van der Waals surface area contributed by atoms with E-state index in [0.717, 1.165) is 57.8 Å². The highest BCUT2D eigenvalue weighted by Crippen LogP contribution is 2.20. The lowest BCUT2D eigenvalue weighted by Gasteiger charge is -2.18. The van der Waals surface area contributed by atoms with Gasteiger partial charge in [-0.05, 0) is 19.3 Å². The van der Waals surface area contributed by atoms with Gasteiger partial charge in [-0.2, -0.15) is 0 Å². The molecule has 0 amide bonds. The zero-order chi connectivity index (χ0) is 57.8. The lowest BCUT2D eigenvalue weighted by atomic mass is 10.0. The standard InChI is InChI=1S/C74H144O6/c1-4-7-10-13-16-19-22-25-28-31-34-37-38-41-43-46-49-52-55-58-61-64-67-73(76)79-70-71(80-74(77)68-65-62-59-56-53-50-47-44-40-36-33-30-27-24-21-18-15-12-9-6-3)69-78-72(75)66-63-60-57-54-51-48-45-42-39-35-32-29-26-23-20-17-14-11-8-5-2/h71H,4-70H2,1-3H3. The molecule has 0 bridgehead atoms. The first-order chi connectivity index (χ1) is 39.5. The van der Waals surface area contributed by atoms with Crippen molar-refractivity contribution in [1.82, 2.24) is 0 Å². The smallest absolute Gasteiger partial charge is 0.306 e. The van der Waals surface area contributed by atoms with Gasteiger partial charge >= 0.3 is 17.9 Å². The van der Waals surface area contributed by atoms with Crippen LogP contribution in [0.3, 0.4) is 0 Å². The molecule has 0 aliphatic carbocycles. The fourth-order valence-corrected chi connectivity index (χ4v) is 11.8. The highest BCUT2D eigenvalue weighted by Gasteiger charge is 2.20.